The molecule has 0 spiro atoms. The Kier molecular flexibility index (Phi) is 3.86. The summed E-state index contributed by atoms with van der Waals surface area (Å²) in [6, 6.07) is 15.0. The van der Waals surface area contributed by atoms with E-state index in [1.807, 2.05) is 48.6 Å². The summed E-state index contributed by atoms with van der Waals surface area (Å²) in [5.74, 6) is 0.820. The van der Waals surface area contributed by atoms with Crippen molar-refractivity contribution in [2.45, 2.75) is 0 Å². The second kappa shape index (κ2) is 5.77. The Morgan fingerprint density at radius 2 is 1.72 bits per heavy atom. The quantitative estimate of drug-likeness (QED) is 0.893. The molecule has 2 rings (SSSR count). The lowest BCUT2D eigenvalue weighted by Gasteiger charge is -2.02. The van der Waals surface area contributed by atoms with Crippen molar-refractivity contribution in [3.8, 4) is 5.75 Å². The van der Waals surface area contributed by atoms with Gasteiger partial charge in [-0.2, -0.15) is 0 Å². The van der Waals surface area contributed by atoms with Gasteiger partial charge >= 0.3 is 0 Å². The second-order valence-electron chi connectivity index (χ2n) is 3.72. The first-order chi connectivity index (χ1) is 8.79. The Morgan fingerprint density at radius 1 is 1.00 bits per heavy atom. The molecule has 90 valence electrons. The van der Waals surface area contributed by atoms with E-state index in [1.54, 1.807) is 19.2 Å². The van der Waals surface area contributed by atoms with E-state index in [9.17, 15) is 0 Å². The highest BCUT2D eigenvalue weighted by molar-refractivity contribution is 5.71. The summed E-state index contributed by atoms with van der Waals surface area (Å²) in [5.41, 5.74) is 1.98. The normalized spacial score (nSPS) is 10.5. The first-order valence-electron chi connectivity index (χ1n) is 5.62. The smallest absolute Gasteiger partial charge is 0.145 e. The highest BCUT2D eigenvalue weighted by atomic mass is 16.5. The van der Waals surface area contributed by atoms with Crippen LogP contribution in [0.2, 0.25) is 0 Å². The fraction of sp³-hybridized carbons (Fsp3) is 0.0667. The van der Waals surface area contributed by atoms with Crippen LogP contribution in [0.4, 0.5) is 0 Å². The maximum Gasteiger partial charge on any atom is 0.145 e. The van der Waals surface area contributed by atoms with Crippen LogP contribution >= 0.6 is 0 Å². The van der Waals surface area contributed by atoms with Gasteiger partial charge in [0.1, 0.15) is 11.2 Å². The molecule has 0 aliphatic carbocycles. The predicted octanol–water partition coefficient (Wildman–Crippen LogP) is 2.74. The Morgan fingerprint density at radius 3 is 2.56 bits per heavy atom. The van der Waals surface area contributed by atoms with E-state index in [-0.39, 0.29) is 5.49 Å². The van der Waals surface area contributed by atoms with Crippen LogP contribution in [0, 0.1) is 5.41 Å². The number of aromatic nitrogens is 1. The molecule has 0 unspecified atom stereocenters. The molecule has 2 aromatic rings. The van der Waals surface area contributed by atoms with Crippen molar-refractivity contribution in [3.63, 3.8) is 0 Å². The van der Waals surface area contributed by atoms with Gasteiger partial charge in [-0.3, -0.25) is 5.41 Å². The zero-order valence-electron chi connectivity index (χ0n) is 10.1. The van der Waals surface area contributed by atoms with Crippen LogP contribution in [0.5, 0.6) is 5.75 Å². The van der Waals surface area contributed by atoms with E-state index in [0.29, 0.717) is 0 Å². The van der Waals surface area contributed by atoms with Gasteiger partial charge in [0.25, 0.3) is 0 Å². The Labute approximate surface area is 106 Å². The van der Waals surface area contributed by atoms with Gasteiger partial charge in [-0.1, -0.05) is 30.3 Å². The highest BCUT2D eigenvalue weighted by Crippen LogP contribution is 2.19. The van der Waals surface area contributed by atoms with E-state index in [2.05, 4.69) is 4.98 Å². The van der Waals surface area contributed by atoms with E-state index in [4.69, 9.17) is 10.1 Å². The molecule has 0 saturated heterocycles. The zero-order valence-corrected chi connectivity index (χ0v) is 10.1. The number of nitrogens with one attached hydrogen (secondary N) is 1. The molecule has 1 heterocycles. The number of nitrogens with zero attached hydrogens (tertiary/aromatic N) is 1. The average molecular weight is 238 g/mol. The van der Waals surface area contributed by atoms with Gasteiger partial charge in [0.15, 0.2) is 0 Å². The van der Waals surface area contributed by atoms with Crippen LogP contribution < -0.4 is 10.2 Å². The second-order valence-corrected chi connectivity index (χ2v) is 3.72. The highest BCUT2D eigenvalue weighted by Gasteiger charge is 1.96. The van der Waals surface area contributed by atoms with Crippen molar-refractivity contribution in [3.05, 3.63) is 65.3 Å². The standard InChI is InChI=1S/C15H14N2O/c1-18-14-8-4-2-6-12(14)10-11-13-7-3-5-9-15(16)17-13/h2-11,16H,1H3. The molecule has 1 N–H and O–H groups in total. The van der Waals surface area contributed by atoms with Gasteiger partial charge in [0.05, 0.1) is 12.8 Å². The number of hydrogen-bond acceptors (Lipinski definition) is 3. The molecule has 0 amide bonds. The molecule has 3 nitrogen and oxygen atoms in total. The minimum atomic E-state index is 0.250. The lowest BCUT2D eigenvalue weighted by molar-refractivity contribution is 0.414. The Hall–Kier alpha value is -2.42. The largest absolute Gasteiger partial charge is 0.496 e. The number of para-hydroxylation sites is 1. The van der Waals surface area contributed by atoms with Crippen molar-refractivity contribution < 1.29 is 4.74 Å². The minimum absolute atomic E-state index is 0.250. The van der Waals surface area contributed by atoms with E-state index in [1.165, 1.54) is 0 Å². The average Bonchev–Trinajstić information content (AvgIpc) is 2.61. The molecule has 18 heavy (non-hydrogen) atoms. The van der Waals surface area contributed by atoms with E-state index >= 15 is 0 Å². The van der Waals surface area contributed by atoms with Crippen LogP contribution in [-0.2, 0) is 0 Å². The summed E-state index contributed by atoms with van der Waals surface area (Å²) >= 11 is 0. The van der Waals surface area contributed by atoms with Crippen LogP contribution in [-0.4, -0.2) is 12.1 Å². The third-order valence-electron chi connectivity index (χ3n) is 2.45. The van der Waals surface area contributed by atoms with Crippen molar-refractivity contribution in [1.29, 1.82) is 5.41 Å². The molecule has 0 fully saturated rings. The topological polar surface area (TPSA) is 46.0 Å². The molecule has 1 aromatic carbocycles. The first-order valence-corrected chi connectivity index (χ1v) is 5.62. The predicted molar refractivity (Wildman–Crippen MR) is 72.0 cm³/mol. The lowest BCUT2D eigenvalue weighted by atomic mass is 10.2. The van der Waals surface area contributed by atoms with Crippen LogP contribution in [0.3, 0.4) is 0 Å². The van der Waals surface area contributed by atoms with Gasteiger partial charge in [-0.05, 0) is 30.4 Å². The molecule has 0 atom stereocenters. The number of ether oxygens (including phenoxy) is 1. The summed E-state index contributed by atoms with van der Waals surface area (Å²) in [4.78, 5) is 4.15. The van der Waals surface area contributed by atoms with Gasteiger partial charge in [0.2, 0.25) is 0 Å². The van der Waals surface area contributed by atoms with Gasteiger partial charge in [-0.25, -0.2) is 4.98 Å². The molecule has 0 aliphatic heterocycles. The van der Waals surface area contributed by atoms with Crippen LogP contribution in [0.15, 0.2) is 48.5 Å². The van der Waals surface area contributed by atoms with Gasteiger partial charge in [0, 0.05) is 5.56 Å². The molecule has 0 radical (unpaired) electrons. The number of benzene rings is 1. The first kappa shape index (κ1) is 12.0. The number of rotatable bonds is 3. The molecule has 0 aliphatic rings. The molecular weight excluding hydrogens is 224 g/mol. The van der Waals surface area contributed by atoms with Crippen LogP contribution in [0.25, 0.3) is 12.2 Å². The summed E-state index contributed by atoms with van der Waals surface area (Å²) in [6.07, 6.45) is 3.80. The zero-order chi connectivity index (χ0) is 12.8. The van der Waals surface area contributed by atoms with Crippen LogP contribution in [0.1, 0.15) is 11.3 Å². The summed E-state index contributed by atoms with van der Waals surface area (Å²) in [7, 11) is 1.65. The third-order valence-corrected chi connectivity index (χ3v) is 2.45. The molecule has 3 heteroatoms. The maximum absolute atomic E-state index is 7.55. The number of hydrogen-bond donors (Lipinski definition) is 1. The van der Waals surface area contributed by atoms with Gasteiger partial charge in [-0.15, -0.1) is 0 Å². The molecule has 1 aromatic heterocycles. The van der Waals surface area contributed by atoms with E-state index in [0.717, 1.165) is 17.0 Å². The van der Waals surface area contributed by atoms with Crippen molar-refractivity contribution in [2.75, 3.05) is 7.11 Å². The van der Waals surface area contributed by atoms with Gasteiger partial charge < -0.3 is 4.74 Å². The maximum atomic E-state index is 7.55. The Balaban J connectivity index is 2.33. The lowest BCUT2D eigenvalue weighted by Crippen LogP contribution is -2.00. The minimum Gasteiger partial charge on any atom is -0.496 e. The molecule has 0 bridgehead atoms. The Bertz CT molecular complexity index is 621. The SMILES string of the molecule is COc1ccccc1C=Cc1ccccc(=N)n1. The molecular formula is C15H14N2O. The van der Waals surface area contributed by atoms with Crippen molar-refractivity contribution >= 4 is 12.2 Å². The fourth-order valence-electron chi connectivity index (χ4n) is 1.59. The number of methoxy groups -OCH3 is 1. The fourth-order valence-corrected chi connectivity index (χ4v) is 1.59. The summed E-state index contributed by atoms with van der Waals surface area (Å²) < 4.78 is 5.27. The monoisotopic (exact) mass is 238 g/mol. The van der Waals surface area contributed by atoms with Crippen molar-refractivity contribution in [1.82, 2.24) is 4.98 Å². The van der Waals surface area contributed by atoms with Crippen molar-refractivity contribution in [2.24, 2.45) is 0 Å². The van der Waals surface area contributed by atoms with E-state index < -0.39 is 0 Å². The molecule has 0 saturated carbocycles. The summed E-state index contributed by atoms with van der Waals surface area (Å²) in [5, 5.41) is 7.55. The third kappa shape index (κ3) is 3.04. The summed E-state index contributed by atoms with van der Waals surface area (Å²) in [6.45, 7) is 0.